The van der Waals surface area contributed by atoms with Gasteiger partial charge in [-0.2, -0.15) is 0 Å². The van der Waals surface area contributed by atoms with E-state index in [4.69, 9.17) is 39.9 Å². The smallest absolute Gasteiger partial charge is 0.274 e. The van der Waals surface area contributed by atoms with Gasteiger partial charge in [0.15, 0.2) is 17.3 Å². The van der Waals surface area contributed by atoms with Crippen molar-refractivity contribution in [1.29, 1.82) is 0 Å². The second kappa shape index (κ2) is 38.9. The van der Waals surface area contributed by atoms with Crippen molar-refractivity contribution < 1.29 is 63.9 Å². The summed E-state index contributed by atoms with van der Waals surface area (Å²) in [6.07, 6.45) is 4.93. The maximum atomic E-state index is 12.9. The maximum absolute atomic E-state index is 12.9. The number of ketones is 3. The first-order chi connectivity index (χ1) is 60.0. The molecule has 124 heavy (non-hydrogen) atoms. The van der Waals surface area contributed by atoms with E-state index in [1.54, 1.807) is 90.7 Å². The number of carbonyl (C=O) groups excluding carboxylic acids is 5. The van der Waals surface area contributed by atoms with Crippen LogP contribution in [0, 0.1) is 0 Å². The number of aromatic amines is 3. The normalized spacial score (nSPS) is 11.0. The number of fused-ring (bicyclic) bond motifs is 7. The number of rotatable bonds is 20. The molecule has 0 fully saturated rings. The number of H-pyrrole nitrogens is 3. The lowest BCUT2D eigenvalue weighted by Gasteiger charge is -2.27. The molecular weight excluding hydrogens is 1590 g/mol. The summed E-state index contributed by atoms with van der Waals surface area (Å²) in [5.74, 6) is 0.0518. The van der Waals surface area contributed by atoms with Gasteiger partial charge in [0.05, 0.1) is 82.3 Å². The Hall–Kier alpha value is -15.8. The van der Waals surface area contributed by atoms with Crippen molar-refractivity contribution in [3.05, 3.63) is 358 Å². The van der Waals surface area contributed by atoms with Crippen molar-refractivity contribution in [2.24, 2.45) is 0 Å². The van der Waals surface area contributed by atoms with E-state index in [1.165, 1.54) is 77.6 Å². The van der Waals surface area contributed by atoms with Gasteiger partial charge in [-0.3, -0.25) is 67.9 Å². The summed E-state index contributed by atoms with van der Waals surface area (Å²) < 4.78 is 19.4. The van der Waals surface area contributed by atoms with Crippen molar-refractivity contribution >= 4 is 105 Å². The molecule has 11 aromatic carbocycles. The third kappa shape index (κ3) is 20.0. The average molecular weight is 1660 g/mol. The minimum absolute atomic E-state index is 0.177. The van der Waals surface area contributed by atoms with Gasteiger partial charge in [-0.25, -0.2) is 30.9 Å². The Balaban J connectivity index is 0.000000133. The first-order valence-corrected chi connectivity index (χ1v) is 38.3. The van der Waals surface area contributed by atoms with Gasteiger partial charge < -0.3 is 49.0 Å². The molecule has 0 aliphatic heterocycles. The zero-order chi connectivity index (χ0) is 87.7. The predicted octanol–water partition coefficient (Wildman–Crippen LogP) is 11.7. The third-order valence-corrected chi connectivity index (χ3v) is 19.7. The molecule has 0 unspecified atom stereocenters. The average Bonchev–Trinajstić information content (AvgIpc) is 0.802. The number of aliphatic hydroxyl groups is 3. The summed E-state index contributed by atoms with van der Waals surface area (Å²) in [4.78, 5) is 151. The molecule has 10 N–H and O–H groups in total. The lowest BCUT2D eigenvalue weighted by Crippen LogP contribution is -2.38. The van der Waals surface area contributed by atoms with Crippen LogP contribution in [0.15, 0.2) is 291 Å². The molecule has 6 heterocycles. The van der Waals surface area contributed by atoms with E-state index in [-0.39, 0.29) is 45.5 Å². The van der Waals surface area contributed by atoms with E-state index in [1.807, 2.05) is 147 Å². The molecule has 0 bridgehead atoms. The molecule has 0 atom stereocenters. The molecule has 0 spiro atoms. The summed E-state index contributed by atoms with van der Waals surface area (Å²) in [7, 11) is 3.16. The monoisotopic (exact) mass is 1660 g/mol. The van der Waals surface area contributed by atoms with Crippen LogP contribution in [0.2, 0.25) is 0 Å². The van der Waals surface area contributed by atoms with Gasteiger partial charge in [0, 0.05) is 80.3 Å². The fourth-order valence-corrected chi connectivity index (χ4v) is 13.6. The van der Waals surface area contributed by atoms with Gasteiger partial charge in [-0.05, 0) is 157 Å². The van der Waals surface area contributed by atoms with Crippen LogP contribution in [0.5, 0.6) is 11.5 Å². The van der Waals surface area contributed by atoms with Crippen LogP contribution in [0.1, 0.15) is 76.8 Å². The Morgan fingerprint density at radius 2 is 0.911 bits per heavy atom. The number of hydroxylamine groups is 2. The standard InChI is InChI=1S/C20H14N2O3.C19H19N3O4.C19H13N3O3.C19H18N2O4.C17H14N2O4/c23-11-18(24)14-7-8-16-17(10-14)21-19(22-20(16)25)15-6-5-12-3-1-2-4-13(12)9-15;1-19(2,26-14-6-4-3-5-7-14)11-22-12-20-16-9-8-13(17(23)21-25)10-15(16)18(22)24;23-10-16(24)12-6-7-13-15(9-12)21-18(22-19(13)25)14-5-1-3-11-4-2-8-20-17(11)14;1-25-12-15-11-21(10-13-5-3-2-4-6-13)19(23)17-9-14(18(22)20-24)7-8-16(15)17;1-23-12-5-2-10(3-6-12)16-18-14-8-11(15(21)9-20)4-7-13(14)17(22)19-16/h1-10,23H,11H2,(H,21,22,25);3-10,12,25H,11H2,1-2H3,(H,21,23);1-9,23H,10H2,(H,21,22,25);2-9,11,24H,10,12H2,1H3,(H,20,22);2-8,20H,9H2,1H3,(H,18,19,22). The Morgan fingerprint density at radius 1 is 0.427 bits per heavy atom. The zero-order valence-electron chi connectivity index (χ0n) is 66.8. The molecule has 0 aliphatic rings. The molecule has 30 heteroatoms. The molecule has 0 radical (unpaired) electrons. The van der Waals surface area contributed by atoms with Crippen molar-refractivity contribution in [3.8, 4) is 45.7 Å². The SMILES string of the molecule is CC(C)(Cn1cnc2ccc(C(=O)NO)cc2c1=O)Oc1ccccc1.COCc1cn(Cc2ccccc2)c(=O)c2cc(C(=O)NO)ccc12.COc1ccc(-c2nc3cc(C(=O)CO)ccc3c(=O)[nH]2)cc1.O=C(CO)c1ccc2c(=O)[nH]c(-c3ccc4ccccc4c3)nc2c1.O=C(CO)c1ccc2c(=O)[nH]c(-c3cccc4cccnc34)nc2c1. The number of carbonyl (C=O) groups is 5. The molecule has 17 aromatic rings. The Morgan fingerprint density at radius 3 is 1.48 bits per heavy atom. The highest BCUT2D eigenvalue weighted by Crippen LogP contribution is 2.29. The lowest BCUT2D eigenvalue weighted by atomic mass is 10.0. The van der Waals surface area contributed by atoms with Crippen LogP contribution in [0.4, 0.5) is 0 Å². The van der Waals surface area contributed by atoms with Gasteiger partial charge in [0.2, 0.25) is 0 Å². The van der Waals surface area contributed by atoms with Crippen LogP contribution >= 0.6 is 0 Å². The Kier molecular flexibility index (Phi) is 27.0. The third-order valence-electron chi connectivity index (χ3n) is 19.7. The van der Waals surface area contributed by atoms with Gasteiger partial charge >= 0.3 is 0 Å². The van der Waals surface area contributed by atoms with Crippen LogP contribution in [-0.4, -0.2) is 144 Å². The quantitative estimate of drug-likeness (QED) is 0.0192. The van der Waals surface area contributed by atoms with E-state index in [9.17, 15) is 47.9 Å². The van der Waals surface area contributed by atoms with E-state index in [0.29, 0.717) is 113 Å². The summed E-state index contributed by atoms with van der Waals surface area (Å²) in [5, 5.41) is 50.2. The number of hydrogen-bond donors (Lipinski definition) is 10. The first-order valence-electron chi connectivity index (χ1n) is 38.3. The molecule has 0 saturated heterocycles. The van der Waals surface area contributed by atoms with E-state index in [0.717, 1.165) is 49.3 Å². The van der Waals surface area contributed by atoms with E-state index >= 15 is 0 Å². The Bertz CT molecular complexity index is 7230. The zero-order valence-corrected chi connectivity index (χ0v) is 66.8. The fraction of sp³-hybridized carbons (Fsp3) is 0.117. The number of nitrogens with one attached hydrogen (secondary N) is 5. The summed E-state index contributed by atoms with van der Waals surface area (Å²) >= 11 is 0. The number of amides is 2. The molecule has 6 aromatic heterocycles. The lowest BCUT2D eigenvalue weighted by molar-refractivity contribution is 0.0702. The van der Waals surface area contributed by atoms with E-state index < -0.39 is 54.6 Å². The van der Waals surface area contributed by atoms with Crippen LogP contribution < -0.4 is 48.2 Å². The summed E-state index contributed by atoms with van der Waals surface area (Å²) in [6.45, 7) is 3.06. The molecule has 0 saturated carbocycles. The number of methoxy groups -OCH3 is 2. The molecule has 622 valence electrons. The highest BCUT2D eigenvalue weighted by molar-refractivity contribution is 6.03. The van der Waals surface area contributed by atoms with Crippen LogP contribution in [-0.2, 0) is 24.4 Å². The molecular formula is C94H78N12O18. The molecule has 17 rings (SSSR count). The summed E-state index contributed by atoms with van der Waals surface area (Å²) in [6, 6.07) is 72.2. The fourth-order valence-electron chi connectivity index (χ4n) is 13.6. The van der Waals surface area contributed by atoms with Gasteiger partial charge in [-0.1, -0.05) is 127 Å². The van der Waals surface area contributed by atoms with Crippen molar-refractivity contribution in [2.75, 3.05) is 34.0 Å². The van der Waals surface area contributed by atoms with Crippen LogP contribution in [0.3, 0.4) is 0 Å². The van der Waals surface area contributed by atoms with Crippen molar-refractivity contribution in [3.63, 3.8) is 0 Å². The largest absolute Gasteiger partial charge is 0.497 e. The van der Waals surface area contributed by atoms with E-state index in [2.05, 4.69) is 39.9 Å². The number of aliphatic hydroxyl groups excluding tert-OH is 3. The number of pyridine rings is 2. The number of para-hydroxylation sites is 2. The number of ether oxygens (including phenoxy) is 3. The number of aromatic nitrogens is 10. The van der Waals surface area contributed by atoms with Gasteiger partial charge in [0.1, 0.15) is 54.4 Å². The molecule has 30 nitrogen and oxygen atoms in total. The highest BCUT2D eigenvalue weighted by Gasteiger charge is 2.24. The second-order valence-corrected chi connectivity index (χ2v) is 28.6. The molecule has 0 aliphatic carbocycles. The van der Waals surface area contributed by atoms with Gasteiger partial charge in [-0.15, -0.1) is 0 Å². The number of hydrogen-bond acceptors (Lipinski definition) is 23. The Labute approximate surface area is 702 Å². The second-order valence-electron chi connectivity index (χ2n) is 28.6. The molecule has 2 amide bonds. The number of benzene rings is 11. The van der Waals surface area contributed by atoms with Crippen molar-refractivity contribution in [2.45, 2.75) is 39.1 Å². The van der Waals surface area contributed by atoms with Crippen LogP contribution in [0.25, 0.3) is 110 Å². The summed E-state index contributed by atoms with van der Waals surface area (Å²) in [5.41, 5.74) is 9.00. The number of nitrogens with zero attached hydrogens (tertiary/aromatic N) is 7. The van der Waals surface area contributed by atoms with Gasteiger partial charge in [0.25, 0.3) is 39.6 Å². The topological polar surface area (TPSA) is 445 Å². The minimum Gasteiger partial charge on any atom is -0.497 e. The first kappa shape index (κ1) is 86.0. The minimum atomic E-state index is -0.686. The predicted molar refractivity (Wildman–Crippen MR) is 467 cm³/mol. The van der Waals surface area contributed by atoms with Crippen molar-refractivity contribution in [1.82, 2.24) is 60.0 Å². The maximum Gasteiger partial charge on any atom is 0.274 e. The highest BCUT2D eigenvalue weighted by atomic mass is 16.5. The number of Topliss-reactive ketones (excluding diaryl/α,β-unsaturated/α-hetero) is 3.